The van der Waals surface area contributed by atoms with Crippen molar-refractivity contribution in [3.05, 3.63) is 126 Å². The van der Waals surface area contributed by atoms with Gasteiger partial charge < -0.3 is 16.4 Å². The fraction of sp³-hybridized carbons (Fsp3) is 0.0645. The van der Waals surface area contributed by atoms with Crippen molar-refractivity contribution in [3.63, 3.8) is 0 Å². The van der Waals surface area contributed by atoms with E-state index < -0.39 is 35.5 Å². The van der Waals surface area contributed by atoms with Crippen LogP contribution in [0.5, 0.6) is 0 Å². The van der Waals surface area contributed by atoms with E-state index >= 15 is 0 Å². The number of nitrogens with zero attached hydrogens (tertiary/aromatic N) is 2. The molecule has 0 radical (unpaired) electrons. The van der Waals surface area contributed by atoms with E-state index in [1.807, 2.05) is 0 Å². The van der Waals surface area contributed by atoms with E-state index in [0.29, 0.717) is 22.0 Å². The number of rotatable bonds is 7. The normalized spacial score (nSPS) is 12.0. The molecule has 0 fully saturated rings. The van der Waals surface area contributed by atoms with Crippen molar-refractivity contribution in [3.8, 4) is 11.3 Å². The van der Waals surface area contributed by atoms with Crippen molar-refractivity contribution < 1.29 is 27.6 Å². The first kappa shape index (κ1) is 28.0. The molecule has 0 saturated heterocycles. The summed E-state index contributed by atoms with van der Waals surface area (Å²) in [6.45, 7) is 0. The van der Waals surface area contributed by atoms with Gasteiger partial charge in [0.05, 0.1) is 22.3 Å². The molecule has 1 atom stereocenters. The molecule has 0 aliphatic heterocycles. The Morgan fingerprint density at radius 1 is 0.810 bits per heavy atom. The summed E-state index contributed by atoms with van der Waals surface area (Å²) in [6.07, 6.45) is -3.04. The lowest BCUT2D eigenvalue weighted by atomic mass is 10.0. The topological polar surface area (TPSA) is 127 Å². The SMILES string of the molecule is NC(=O)[C@@H](NC(=O)c1ccc2nc(NC(=O)c3cccnc3-c3ccc(C(F)(F)F)cc3)ccc2c1)c1ccccc1. The van der Waals surface area contributed by atoms with Crippen LogP contribution in [0.1, 0.15) is 37.9 Å². The molecule has 3 aromatic carbocycles. The minimum absolute atomic E-state index is 0.147. The first-order valence-corrected chi connectivity index (χ1v) is 12.6. The predicted octanol–water partition coefficient (Wildman–Crippen LogP) is 5.52. The standard InChI is InChI=1S/C31H22F3N5O3/c32-31(33,34)22-12-8-19(9-13-22)26-23(7-4-16-36-26)30(42)38-25-15-11-20-17-21(10-14-24(20)37-25)29(41)39-27(28(35)40)18-5-2-1-3-6-18/h1-17,27H,(H2,35,40)(H,39,41)(H,37,38,42)/t27-/m0/s1. The molecule has 4 N–H and O–H groups in total. The molecule has 210 valence electrons. The summed E-state index contributed by atoms with van der Waals surface area (Å²) in [6, 6.07) is 23.0. The first-order chi connectivity index (χ1) is 20.1. The quantitative estimate of drug-likeness (QED) is 0.238. The molecule has 5 rings (SSSR count). The molecular formula is C31H22F3N5O3. The summed E-state index contributed by atoms with van der Waals surface area (Å²) in [5.74, 6) is -1.55. The molecule has 2 aromatic heterocycles. The summed E-state index contributed by atoms with van der Waals surface area (Å²) in [5, 5.41) is 5.94. The number of pyridine rings is 2. The molecule has 0 aliphatic rings. The van der Waals surface area contributed by atoms with Gasteiger partial charge in [0.2, 0.25) is 5.91 Å². The minimum atomic E-state index is -4.48. The molecule has 11 heteroatoms. The second kappa shape index (κ2) is 11.5. The average molecular weight is 570 g/mol. The van der Waals surface area contributed by atoms with Crippen molar-refractivity contribution in [2.75, 3.05) is 5.32 Å². The van der Waals surface area contributed by atoms with Crippen LogP contribution in [-0.2, 0) is 11.0 Å². The number of amides is 3. The summed E-state index contributed by atoms with van der Waals surface area (Å²) < 4.78 is 38.9. The van der Waals surface area contributed by atoms with Crippen LogP contribution in [0.25, 0.3) is 22.2 Å². The molecule has 8 nitrogen and oxygen atoms in total. The molecular weight excluding hydrogens is 547 g/mol. The third-order valence-electron chi connectivity index (χ3n) is 6.42. The van der Waals surface area contributed by atoms with Crippen LogP contribution in [0.2, 0.25) is 0 Å². The van der Waals surface area contributed by atoms with Crippen LogP contribution in [-0.4, -0.2) is 27.7 Å². The van der Waals surface area contributed by atoms with E-state index in [1.54, 1.807) is 60.7 Å². The zero-order valence-electron chi connectivity index (χ0n) is 21.7. The molecule has 0 unspecified atom stereocenters. The van der Waals surface area contributed by atoms with Crippen molar-refractivity contribution in [2.45, 2.75) is 12.2 Å². The van der Waals surface area contributed by atoms with Gasteiger partial charge in [-0.1, -0.05) is 42.5 Å². The van der Waals surface area contributed by atoms with Gasteiger partial charge in [-0.3, -0.25) is 19.4 Å². The third kappa shape index (κ3) is 6.09. The largest absolute Gasteiger partial charge is 0.416 e. The number of hydrogen-bond donors (Lipinski definition) is 3. The van der Waals surface area contributed by atoms with E-state index in [0.717, 1.165) is 12.1 Å². The number of hydrogen-bond acceptors (Lipinski definition) is 5. The maximum Gasteiger partial charge on any atom is 0.416 e. The van der Waals surface area contributed by atoms with Gasteiger partial charge in [-0.05, 0) is 60.2 Å². The Hall–Kier alpha value is -5.58. The lowest BCUT2D eigenvalue weighted by Crippen LogP contribution is -2.37. The Kier molecular flexibility index (Phi) is 7.65. The maximum absolute atomic E-state index is 13.1. The smallest absolute Gasteiger partial charge is 0.368 e. The highest BCUT2D eigenvalue weighted by Crippen LogP contribution is 2.31. The van der Waals surface area contributed by atoms with Gasteiger partial charge in [-0.15, -0.1) is 0 Å². The molecule has 0 aliphatic carbocycles. The van der Waals surface area contributed by atoms with E-state index in [1.165, 1.54) is 30.5 Å². The highest BCUT2D eigenvalue weighted by atomic mass is 19.4. The van der Waals surface area contributed by atoms with Crippen LogP contribution in [0.15, 0.2) is 103 Å². The summed E-state index contributed by atoms with van der Waals surface area (Å²) in [7, 11) is 0. The monoisotopic (exact) mass is 569 g/mol. The number of carbonyl (C=O) groups is 3. The number of halogens is 3. The van der Waals surface area contributed by atoms with Crippen LogP contribution in [0, 0.1) is 0 Å². The van der Waals surface area contributed by atoms with Gasteiger partial charge in [-0.25, -0.2) is 4.98 Å². The van der Waals surface area contributed by atoms with E-state index in [4.69, 9.17) is 5.73 Å². The second-order valence-electron chi connectivity index (χ2n) is 9.25. The van der Waals surface area contributed by atoms with Crippen molar-refractivity contribution in [2.24, 2.45) is 5.73 Å². The van der Waals surface area contributed by atoms with Crippen LogP contribution in [0.3, 0.4) is 0 Å². The summed E-state index contributed by atoms with van der Waals surface area (Å²) in [5.41, 5.74) is 6.71. The Morgan fingerprint density at radius 3 is 2.24 bits per heavy atom. The Bertz CT molecular complexity index is 1790. The fourth-order valence-corrected chi connectivity index (χ4v) is 4.33. The Labute approximate surface area is 237 Å². The third-order valence-corrected chi connectivity index (χ3v) is 6.42. The minimum Gasteiger partial charge on any atom is -0.368 e. The van der Waals surface area contributed by atoms with E-state index in [9.17, 15) is 27.6 Å². The second-order valence-corrected chi connectivity index (χ2v) is 9.25. The Morgan fingerprint density at radius 2 is 1.55 bits per heavy atom. The zero-order chi connectivity index (χ0) is 29.9. The number of nitrogens with one attached hydrogen (secondary N) is 2. The van der Waals surface area contributed by atoms with Gasteiger partial charge in [0.25, 0.3) is 11.8 Å². The van der Waals surface area contributed by atoms with E-state index in [2.05, 4.69) is 20.6 Å². The molecule has 0 saturated carbocycles. The molecule has 2 heterocycles. The first-order valence-electron chi connectivity index (χ1n) is 12.6. The van der Waals surface area contributed by atoms with Crippen LogP contribution >= 0.6 is 0 Å². The lowest BCUT2D eigenvalue weighted by molar-refractivity contribution is -0.137. The van der Waals surface area contributed by atoms with E-state index in [-0.39, 0.29) is 22.6 Å². The number of nitrogens with two attached hydrogens (primary N) is 1. The number of primary amides is 1. The number of carbonyl (C=O) groups excluding carboxylic acids is 3. The van der Waals surface area contributed by atoms with Gasteiger partial charge in [0, 0.05) is 22.7 Å². The molecule has 3 amide bonds. The molecule has 42 heavy (non-hydrogen) atoms. The number of benzene rings is 3. The number of fused-ring (bicyclic) bond motifs is 1. The van der Waals surface area contributed by atoms with Crippen molar-refractivity contribution in [1.82, 2.24) is 15.3 Å². The number of aromatic nitrogens is 2. The van der Waals surface area contributed by atoms with Crippen LogP contribution < -0.4 is 16.4 Å². The maximum atomic E-state index is 13.1. The molecule has 0 spiro atoms. The highest BCUT2D eigenvalue weighted by Gasteiger charge is 2.30. The molecule has 0 bridgehead atoms. The van der Waals surface area contributed by atoms with Gasteiger partial charge in [0.1, 0.15) is 11.9 Å². The summed E-state index contributed by atoms with van der Waals surface area (Å²) in [4.78, 5) is 46.6. The number of alkyl halides is 3. The average Bonchev–Trinajstić information content (AvgIpc) is 2.99. The predicted molar refractivity (Wildman–Crippen MR) is 150 cm³/mol. The van der Waals surface area contributed by atoms with Gasteiger partial charge >= 0.3 is 6.18 Å². The van der Waals surface area contributed by atoms with Crippen LogP contribution in [0.4, 0.5) is 19.0 Å². The van der Waals surface area contributed by atoms with Crippen molar-refractivity contribution >= 4 is 34.4 Å². The van der Waals surface area contributed by atoms with Gasteiger partial charge in [0.15, 0.2) is 0 Å². The number of anilines is 1. The van der Waals surface area contributed by atoms with Gasteiger partial charge in [-0.2, -0.15) is 13.2 Å². The summed E-state index contributed by atoms with van der Waals surface area (Å²) >= 11 is 0. The zero-order valence-corrected chi connectivity index (χ0v) is 21.7. The fourth-order valence-electron chi connectivity index (χ4n) is 4.33. The highest BCUT2D eigenvalue weighted by molar-refractivity contribution is 6.08. The van der Waals surface area contributed by atoms with Crippen molar-refractivity contribution in [1.29, 1.82) is 0 Å². The Balaban J connectivity index is 1.33. The lowest BCUT2D eigenvalue weighted by Gasteiger charge is -2.16. The molecule has 5 aromatic rings.